The van der Waals surface area contributed by atoms with E-state index in [0.29, 0.717) is 19.1 Å². The Morgan fingerprint density at radius 2 is 1.29 bits per heavy atom. The topological polar surface area (TPSA) is 90.7 Å². The highest BCUT2D eigenvalue weighted by molar-refractivity contribution is 7.17. The van der Waals surface area contributed by atoms with Gasteiger partial charge < -0.3 is 24.3 Å². The fraction of sp³-hybridized carbons (Fsp3) is 0.316. The molecular weight excluding hydrogens is 644 g/mol. The molecule has 1 aliphatic heterocycles. The predicted octanol–water partition coefficient (Wildman–Crippen LogP) is 7.65. The number of hydrogen-bond acceptors (Lipinski definition) is 7. The van der Waals surface area contributed by atoms with E-state index < -0.39 is 0 Å². The molecule has 0 atom stereocenters. The molecule has 0 radical (unpaired) electrons. The van der Waals surface area contributed by atoms with Crippen molar-refractivity contribution < 1.29 is 9.47 Å². The lowest BCUT2D eigenvalue weighted by Gasteiger charge is -2.36. The molecule has 0 unspecified atom stereocenters. The van der Waals surface area contributed by atoms with Crippen LogP contribution in [0.2, 0.25) is 0 Å². The number of H-pyrrole nitrogens is 2. The van der Waals surface area contributed by atoms with Gasteiger partial charge in [0.15, 0.2) is 0 Å². The summed E-state index contributed by atoms with van der Waals surface area (Å²) in [6.07, 6.45) is 4.04. The van der Waals surface area contributed by atoms with E-state index in [1.54, 1.807) is 12.1 Å². The summed E-state index contributed by atoms with van der Waals surface area (Å²) in [5.41, 5.74) is 2.81. The Morgan fingerprint density at radius 1 is 0.688 bits per heavy atom. The van der Waals surface area contributed by atoms with Crippen molar-refractivity contribution in [3.05, 3.63) is 111 Å². The molecule has 250 valence electrons. The number of anilines is 1. The maximum atomic E-state index is 11.5. The quantitative estimate of drug-likeness (QED) is 0.102. The minimum Gasteiger partial charge on any atom is -0.494 e. The third-order valence-corrected chi connectivity index (χ3v) is 9.66. The Balaban J connectivity index is 0.000000200. The number of hydrogen-bond donors (Lipinski definition) is 2. The highest BCUT2D eigenvalue weighted by Gasteiger charge is 2.18. The van der Waals surface area contributed by atoms with Gasteiger partial charge in [-0.2, -0.15) is 0 Å². The first kappa shape index (κ1) is 33.6. The van der Waals surface area contributed by atoms with Crippen molar-refractivity contribution >= 4 is 60.5 Å². The lowest BCUT2D eigenvalue weighted by Crippen LogP contribution is -2.46. The first-order valence-corrected chi connectivity index (χ1v) is 18.0. The van der Waals surface area contributed by atoms with Gasteiger partial charge in [-0.15, -0.1) is 22.9 Å². The number of nitrogens with one attached hydrogen (secondary N) is 2. The molecule has 0 saturated carbocycles. The Labute approximate surface area is 288 Å². The summed E-state index contributed by atoms with van der Waals surface area (Å²) < 4.78 is 12.9. The fourth-order valence-corrected chi connectivity index (χ4v) is 6.91. The molecule has 1 fully saturated rings. The number of halogens is 1. The van der Waals surface area contributed by atoms with Crippen molar-refractivity contribution in [2.75, 3.05) is 56.7 Å². The molecule has 6 aromatic rings. The minimum atomic E-state index is -0.100. The zero-order valence-corrected chi connectivity index (χ0v) is 28.5. The van der Waals surface area contributed by atoms with Crippen molar-refractivity contribution in [1.29, 1.82) is 0 Å². The van der Waals surface area contributed by atoms with Gasteiger partial charge >= 0.3 is 0 Å². The van der Waals surface area contributed by atoms with Gasteiger partial charge in [-0.05, 0) is 103 Å². The summed E-state index contributed by atoms with van der Waals surface area (Å²) >= 11 is 7.40. The van der Waals surface area contributed by atoms with Gasteiger partial charge in [0.05, 0.1) is 24.2 Å². The molecule has 4 heterocycles. The molecule has 1 saturated heterocycles. The summed E-state index contributed by atoms with van der Waals surface area (Å²) in [5.74, 6) is 2.24. The van der Waals surface area contributed by atoms with Gasteiger partial charge in [-0.25, -0.2) is 0 Å². The van der Waals surface area contributed by atoms with Crippen LogP contribution in [0.1, 0.15) is 25.7 Å². The van der Waals surface area contributed by atoms with Crippen LogP contribution in [0.25, 0.3) is 31.9 Å². The molecule has 7 rings (SSSR count). The van der Waals surface area contributed by atoms with E-state index in [2.05, 4.69) is 49.4 Å². The number of unbranched alkanes of at least 4 members (excludes halogenated alkanes) is 2. The Kier molecular flexibility index (Phi) is 11.7. The second-order valence-electron chi connectivity index (χ2n) is 11.9. The lowest BCUT2D eigenvalue weighted by atomic mass is 10.2. The van der Waals surface area contributed by atoms with E-state index in [1.165, 1.54) is 21.8 Å². The summed E-state index contributed by atoms with van der Waals surface area (Å²) in [6.45, 7) is 6.85. The van der Waals surface area contributed by atoms with E-state index in [1.807, 2.05) is 53.8 Å². The molecule has 0 amide bonds. The maximum absolute atomic E-state index is 11.5. The van der Waals surface area contributed by atoms with Crippen LogP contribution in [0.5, 0.6) is 11.5 Å². The van der Waals surface area contributed by atoms with Crippen molar-refractivity contribution in [3.63, 3.8) is 0 Å². The molecule has 8 nitrogen and oxygen atoms in total. The summed E-state index contributed by atoms with van der Waals surface area (Å²) in [4.78, 5) is 33.4. The molecule has 3 aromatic carbocycles. The van der Waals surface area contributed by atoms with Crippen LogP contribution in [-0.4, -0.2) is 66.7 Å². The zero-order chi connectivity index (χ0) is 33.1. The van der Waals surface area contributed by atoms with Crippen LogP contribution >= 0.6 is 22.9 Å². The molecular formula is C38H41ClN4O4S. The number of benzene rings is 3. The fourth-order valence-electron chi connectivity index (χ4n) is 5.92. The summed E-state index contributed by atoms with van der Waals surface area (Å²) in [6, 6.07) is 27.1. The zero-order valence-electron chi connectivity index (χ0n) is 27.0. The van der Waals surface area contributed by atoms with Gasteiger partial charge in [-0.3, -0.25) is 14.5 Å². The summed E-state index contributed by atoms with van der Waals surface area (Å²) in [5, 5.41) is 5.58. The number of thiophene rings is 1. The monoisotopic (exact) mass is 684 g/mol. The smallest absolute Gasteiger partial charge is 0.248 e. The molecule has 0 bridgehead atoms. The normalized spacial score (nSPS) is 13.5. The van der Waals surface area contributed by atoms with Gasteiger partial charge in [-0.1, -0.05) is 6.07 Å². The Morgan fingerprint density at radius 3 is 1.92 bits per heavy atom. The number of alkyl halides is 1. The molecule has 48 heavy (non-hydrogen) atoms. The van der Waals surface area contributed by atoms with Gasteiger partial charge in [0.25, 0.3) is 0 Å². The first-order valence-electron chi connectivity index (χ1n) is 16.6. The molecule has 10 heteroatoms. The number of pyridine rings is 2. The Bertz CT molecular complexity index is 2050. The second-order valence-corrected chi connectivity index (χ2v) is 13.2. The number of fused-ring (bicyclic) bond motifs is 3. The van der Waals surface area contributed by atoms with Crippen molar-refractivity contribution in [1.82, 2.24) is 14.9 Å². The van der Waals surface area contributed by atoms with Gasteiger partial charge in [0, 0.05) is 72.1 Å². The SMILES string of the molecule is O=c1ccc2ccc(OCCCCCl)cc2[nH]1.O=c1ccc2ccc(OCCCCN3CCN(c4cccc5sccc45)CC3)cc2[nH]1. The average Bonchev–Trinajstić information content (AvgIpc) is 3.60. The number of rotatable bonds is 12. The highest BCUT2D eigenvalue weighted by Crippen LogP contribution is 2.31. The highest BCUT2D eigenvalue weighted by atomic mass is 35.5. The number of nitrogens with zero attached hydrogens (tertiary/aromatic N) is 2. The maximum Gasteiger partial charge on any atom is 0.248 e. The van der Waals surface area contributed by atoms with Crippen LogP contribution in [0.15, 0.2) is 99.9 Å². The molecule has 1 aliphatic rings. The number of piperazine rings is 1. The molecule has 0 spiro atoms. The molecule has 2 N–H and O–H groups in total. The van der Waals surface area contributed by atoms with Crippen LogP contribution < -0.4 is 25.5 Å². The number of aromatic nitrogens is 2. The third-order valence-electron chi connectivity index (χ3n) is 8.51. The number of aromatic amines is 2. The molecule has 3 aromatic heterocycles. The van der Waals surface area contributed by atoms with E-state index in [-0.39, 0.29) is 11.1 Å². The summed E-state index contributed by atoms with van der Waals surface area (Å²) in [7, 11) is 0. The van der Waals surface area contributed by atoms with Crippen molar-refractivity contribution in [2.45, 2.75) is 25.7 Å². The average molecular weight is 685 g/mol. The van der Waals surface area contributed by atoms with Crippen LogP contribution in [-0.2, 0) is 0 Å². The van der Waals surface area contributed by atoms with Gasteiger partial charge in [0.1, 0.15) is 11.5 Å². The van der Waals surface area contributed by atoms with E-state index in [9.17, 15) is 9.59 Å². The predicted molar refractivity (Wildman–Crippen MR) is 200 cm³/mol. The second kappa shape index (κ2) is 16.7. The van der Waals surface area contributed by atoms with E-state index >= 15 is 0 Å². The van der Waals surface area contributed by atoms with Crippen molar-refractivity contribution in [2.24, 2.45) is 0 Å². The van der Waals surface area contributed by atoms with Crippen molar-refractivity contribution in [3.8, 4) is 11.5 Å². The molecule has 0 aliphatic carbocycles. The largest absolute Gasteiger partial charge is 0.494 e. The van der Waals surface area contributed by atoms with E-state index in [0.717, 1.165) is 91.7 Å². The number of ether oxygens (including phenoxy) is 2. The van der Waals surface area contributed by atoms with Crippen LogP contribution in [0, 0.1) is 0 Å². The van der Waals surface area contributed by atoms with Gasteiger partial charge in [0.2, 0.25) is 11.1 Å². The van der Waals surface area contributed by atoms with Crippen LogP contribution in [0.4, 0.5) is 5.69 Å². The standard InChI is InChI=1S/C25H27N3O2S.C13H14ClNO2/c29-25-9-7-19-6-8-20(18-22(19)26-25)30-16-2-1-11-27-12-14-28(15-13-27)23-4-3-5-24-21(23)10-17-31-24;14-7-1-2-8-17-11-5-3-10-4-6-13(16)15-12(10)9-11/h3-10,17-18H,1-2,11-16H2,(H,26,29);3-6,9H,1-2,7-8H2,(H,15,16). The Hall–Kier alpha value is -4.31. The van der Waals surface area contributed by atoms with E-state index in [4.69, 9.17) is 21.1 Å². The van der Waals surface area contributed by atoms with Crippen LogP contribution in [0.3, 0.4) is 0 Å². The minimum absolute atomic E-state index is 0.0863. The first-order chi connectivity index (χ1) is 23.6. The third kappa shape index (κ3) is 8.98. The lowest BCUT2D eigenvalue weighted by molar-refractivity contribution is 0.239.